The van der Waals surface area contributed by atoms with Crippen molar-refractivity contribution in [2.45, 2.75) is 55.9 Å². The summed E-state index contributed by atoms with van der Waals surface area (Å²) in [7, 11) is 0. The van der Waals surface area contributed by atoms with E-state index in [1.165, 1.54) is 5.57 Å². The maximum atomic E-state index is 2.22. The molecule has 0 amide bonds. The molecular formula is C11H26. The highest BCUT2D eigenvalue weighted by molar-refractivity contribution is 5.05. The molecule has 0 saturated carbocycles. The lowest BCUT2D eigenvalue weighted by atomic mass is 9.88. The van der Waals surface area contributed by atoms with Crippen LogP contribution in [0.4, 0.5) is 0 Å². The minimum absolute atomic E-state index is 0. The van der Waals surface area contributed by atoms with Crippen LogP contribution in [-0.4, -0.2) is 0 Å². The molecule has 0 aromatic rings. The average Bonchev–Trinajstić information content (AvgIpc) is 1.89. The standard InChI is InChI=1S/C8H16.C2H6.CH4/c1-6-7(2)8(3,4)5;1-2;/h6H,1-5H3;1-2H3;1H4/b7-6+;;. The predicted molar refractivity (Wildman–Crippen MR) is 57.0 cm³/mol. The van der Waals surface area contributed by atoms with E-state index in [0.717, 1.165) is 0 Å². The lowest BCUT2D eigenvalue weighted by molar-refractivity contribution is 0.503. The second-order valence-corrected chi connectivity index (χ2v) is 3.22. The maximum absolute atomic E-state index is 2.22. The van der Waals surface area contributed by atoms with Crippen molar-refractivity contribution in [3.8, 4) is 0 Å². The highest BCUT2D eigenvalue weighted by atomic mass is 14.1. The van der Waals surface area contributed by atoms with Crippen molar-refractivity contribution < 1.29 is 0 Å². The van der Waals surface area contributed by atoms with Gasteiger partial charge < -0.3 is 0 Å². The van der Waals surface area contributed by atoms with Crippen LogP contribution < -0.4 is 0 Å². The van der Waals surface area contributed by atoms with E-state index in [0.29, 0.717) is 5.41 Å². The molecule has 0 aromatic heterocycles. The number of hydrogen-bond donors (Lipinski definition) is 0. The summed E-state index contributed by atoms with van der Waals surface area (Å²) in [5.74, 6) is 0. The van der Waals surface area contributed by atoms with Gasteiger partial charge in [-0.2, -0.15) is 0 Å². The first kappa shape index (κ1) is 17.0. The van der Waals surface area contributed by atoms with E-state index >= 15 is 0 Å². The molecule has 0 aliphatic carbocycles. The number of hydrogen-bond acceptors (Lipinski definition) is 0. The molecule has 11 heavy (non-hydrogen) atoms. The molecule has 0 fully saturated rings. The zero-order valence-corrected chi connectivity index (χ0v) is 8.58. The minimum atomic E-state index is 0. The van der Waals surface area contributed by atoms with Crippen molar-refractivity contribution in [2.75, 3.05) is 0 Å². The summed E-state index contributed by atoms with van der Waals surface area (Å²) >= 11 is 0. The zero-order chi connectivity index (χ0) is 8.78. The minimum Gasteiger partial charge on any atom is -0.0882 e. The summed E-state index contributed by atoms with van der Waals surface area (Å²) < 4.78 is 0. The van der Waals surface area contributed by atoms with Gasteiger partial charge in [0.2, 0.25) is 0 Å². The van der Waals surface area contributed by atoms with Gasteiger partial charge in [-0.15, -0.1) is 0 Å². The largest absolute Gasteiger partial charge is 0.0882 e. The Morgan fingerprint density at radius 2 is 1.36 bits per heavy atom. The topological polar surface area (TPSA) is 0 Å². The molecule has 0 aliphatic rings. The second kappa shape index (κ2) is 7.84. The summed E-state index contributed by atoms with van der Waals surface area (Å²) in [5, 5.41) is 0. The summed E-state index contributed by atoms with van der Waals surface area (Å²) in [6.45, 7) is 14.9. The van der Waals surface area contributed by atoms with Gasteiger partial charge in [0.1, 0.15) is 0 Å². The van der Waals surface area contributed by atoms with Crippen molar-refractivity contribution in [2.24, 2.45) is 5.41 Å². The van der Waals surface area contributed by atoms with Gasteiger partial charge >= 0.3 is 0 Å². The first-order chi connectivity index (χ1) is 4.48. The van der Waals surface area contributed by atoms with Crippen LogP contribution in [0.25, 0.3) is 0 Å². The van der Waals surface area contributed by atoms with Crippen LogP contribution in [-0.2, 0) is 0 Å². The molecule has 0 aliphatic heterocycles. The zero-order valence-electron chi connectivity index (χ0n) is 8.58. The summed E-state index contributed by atoms with van der Waals surface area (Å²) in [6, 6.07) is 0. The molecule has 0 aromatic carbocycles. The van der Waals surface area contributed by atoms with Gasteiger partial charge in [-0.25, -0.2) is 0 Å². The van der Waals surface area contributed by atoms with Crippen LogP contribution in [0.3, 0.4) is 0 Å². The van der Waals surface area contributed by atoms with E-state index in [2.05, 4.69) is 40.7 Å². The third kappa shape index (κ3) is 9.74. The highest BCUT2D eigenvalue weighted by Gasteiger charge is 2.09. The van der Waals surface area contributed by atoms with E-state index in [1.54, 1.807) is 0 Å². The van der Waals surface area contributed by atoms with Crippen molar-refractivity contribution in [3.63, 3.8) is 0 Å². The van der Waals surface area contributed by atoms with E-state index in [-0.39, 0.29) is 7.43 Å². The second-order valence-electron chi connectivity index (χ2n) is 3.22. The van der Waals surface area contributed by atoms with Crippen molar-refractivity contribution in [3.05, 3.63) is 11.6 Å². The average molecular weight is 158 g/mol. The Kier molecular flexibility index (Phi) is 12.1. The molecule has 0 rings (SSSR count). The van der Waals surface area contributed by atoms with Gasteiger partial charge in [-0.3, -0.25) is 0 Å². The van der Waals surface area contributed by atoms with Crippen molar-refractivity contribution >= 4 is 0 Å². The Morgan fingerprint density at radius 3 is 1.36 bits per heavy atom. The van der Waals surface area contributed by atoms with E-state index < -0.39 is 0 Å². The molecule has 0 radical (unpaired) electrons. The fourth-order valence-corrected chi connectivity index (χ4v) is 0.433. The van der Waals surface area contributed by atoms with E-state index in [9.17, 15) is 0 Å². The lowest BCUT2D eigenvalue weighted by Crippen LogP contribution is -2.05. The van der Waals surface area contributed by atoms with Crippen molar-refractivity contribution in [1.29, 1.82) is 0 Å². The predicted octanol–water partition coefficient (Wildman–Crippen LogP) is 4.66. The Morgan fingerprint density at radius 1 is 1.09 bits per heavy atom. The van der Waals surface area contributed by atoms with Crippen molar-refractivity contribution in [1.82, 2.24) is 0 Å². The monoisotopic (exact) mass is 158 g/mol. The summed E-state index contributed by atoms with van der Waals surface area (Å²) in [6.07, 6.45) is 2.17. The van der Waals surface area contributed by atoms with Crippen LogP contribution >= 0.6 is 0 Å². The van der Waals surface area contributed by atoms with Crippen LogP contribution in [0.1, 0.15) is 55.9 Å². The van der Waals surface area contributed by atoms with E-state index in [1.807, 2.05) is 13.8 Å². The van der Waals surface area contributed by atoms with Gasteiger partial charge in [0.05, 0.1) is 0 Å². The fraction of sp³-hybridized carbons (Fsp3) is 0.818. The third-order valence-electron chi connectivity index (χ3n) is 1.62. The summed E-state index contributed by atoms with van der Waals surface area (Å²) in [5.41, 5.74) is 1.83. The third-order valence-corrected chi connectivity index (χ3v) is 1.62. The maximum Gasteiger partial charge on any atom is -0.0176 e. The molecule has 0 heteroatoms. The molecule has 0 N–H and O–H groups in total. The van der Waals surface area contributed by atoms with E-state index in [4.69, 9.17) is 0 Å². The molecule has 0 unspecified atom stereocenters. The molecule has 0 saturated heterocycles. The van der Waals surface area contributed by atoms with Crippen LogP contribution in [0, 0.1) is 5.41 Å². The van der Waals surface area contributed by atoms with Crippen LogP contribution in [0.5, 0.6) is 0 Å². The lowest BCUT2D eigenvalue weighted by Gasteiger charge is -2.18. The van der Waals surface area contributed by atoms with Crippen LogP contribution in [0.2, 0.25) is 0 Å². The van der Waals surface area contributed by atoms with Gasteiger partial charge in [0.25, 0.3) is 0 Å². The Hall–Kier alpha value is -0.260. The Labute approximate surface area is 73.7 Å². The van der Waals surface area contributed by atoms with Gasteiger partial charge in [0.15, 0.2) is 0 Å². The highest BCUT2D eigenvalue weighted by Crippen LogP contribution is 2.23. The Bertz CT molecular complexity index is 91.1. The van der Waals surface area contributed by atoms with Gasteiger partial charge in [0, 0.05) is 0 Å². The molecular weight excluding hydrogens is 132 g/mol. The van der Waals surface area contributed by atoms with Crippen LogP contribution in [0.15, 0.2) is 11.6 Å². The smallest absolute Gasteiger partial charge is 0.0176 e. The SMILES string of the molecule is C.C/C=C(\C)C(C)(C)C.CC. The molecule has 0 heterocycles. The molecule has 0 nitrogen and oxygen atoms in total. The molecule has 0 atom stereocenters. The number of rotatable bonds is 0. The quantitative estimate of drug-likeness (QED) is 0.450. The first-order valence-corrected chi connectivity index (χ1v) is 4.12. The first-order valence-electron chi connectivity index (χ1n) is 4.12. The molecule has 70 valence electrons. The Balaban J connectivity index is -0.000000196. The molecule has 0 spiro atoms. The van der Waals surface area contributed by atoms with Gasteiger partial charge in [-0.1, -0.05) is 53.7 Å². The number of allylic oxidation sites excluding steroid dienone is 2. The van der Waals surface area contributed by atoms with Gasteiger partial charge in [-0.05, 0) is 19.3 Å². The molecule has 0 bridgehead atoms. The fourth-order valence-electron chi connectivity index (χ4n) is 0.433. The normalized spacial score (nSPS) is 11.0. The summed E-state index contributed by atoms with van der Waals surface area (Å²) in [4.78, 5) is 0.